The maximum atomic E-state index is 11.5. The van der Waals surface area contributed by atoms with Crippen molar-refractivity contribution in [3.63, 3.8) is 0 Å². The van der Waals surface area contributed by atoms with Gasteiger partial charge in [0.1, 0.15) is 16.2 Å². The Balaban J connectivity index is 3.44. The predicted molar refractivity (Wildman–Crippen MR) is 73.0 cm³/mol. The Kier molecular flexibility index (Phi) is 4.60. The first-order valence-corrected chi connectivity index (χ1v) is 7.20. The maximum Gasteiger partial charge on any atom is 0.274 e. The standard InChI is InChI=1S/C13H18O5S/c1-5-17-10-7-8-12(18-6-2)11(9-10)13(3,4)19(14,15)16/h5,7-9H,1,6H2,2-4H3,(H,14,15,16). The highest BCUT2D eigenvalue weighted by Gasteiger charge is 2.37. The van der Waals surface area contributed by atoms with E-state index in [2.05, 4.69) is 6.58 Å². The van der Waals surface area contributed by atoms with E-state index in [4.69, 9.17) is 9.47 Å². The highest BCUT2D eigenvalue weighted by Crippen LogP contribution is 2.38. The molecule has 6 heteroatoms. The van der Waals surface area contributed by atoms with Crippen LogP contribution in [0, 0.1) is 0 Å². The van der Waals surface area contributed by atoms with Crippen LogP contribution >= 0.6 is 0 Å². The zero-order valence-corrected chi connectivity index (χ0v) is 12.0. The fourth-order valence-electron chi connectivity index (χ4n) is 1.57. The molecule has 5 nitrogen and oxygen atoms in total. The average molecular weight is 286 g/mol. The molecule has 1 aromatic carbocycles. The molecule has 0 radical (unpaired) electrons. The molecule has 1 rings (SSSR count). The van der Waals surface area contributed by atoms with E-state index < -0.39 is 14.9 Å². The fourth-order valence-corrected chi connectivity index (χ4v) is 2.01. The first-order valence-electron chi connectivity index (χ1n) is 5.76. The summed E-state index contributed by atoms with van der Waals surface area (Å²) in [5.41, 5.74) is 0.330. The van der Waals surface area contributed by atoms with Crippen molar-refractivity contribution < 1.29 is 22.4 Å². The molecule has 0 amide bonds. The largest absolute Gasteiger partial charge is 0.494 e. The number of hydrogen-bond donors (Lipinski definition) is 1. The van der Waals surface area contributed by atoms with Gasteiger partial charge in [0.05, 0.1) is 12.9 Å². The van der Waals surface area contributed by atoms with E-state index in [0.717, 1.165) is 0 Å². The molecule has 1 aromatic rings. The number of hydrogen-bond acceptors (Lipinski definition) is 4. The molecule has 0 spiro atoms. The minimum Gasteiger partial charge on any atom is -0.494 e. The van der Waals surface area contributed by atoms with Gasteiger partial charge in [0.2, 0.25) is 0 Å². The van der Waals surface area contributed by atoms with E-state index in [0.29, 0.717) is 23.7 Å². The van der Waals surface area contributed by atoms with Crippen molar-refractivity contribution >= 4 is 10.1 Å². The van der Waals surface area contributed by atoms with Crippen LogP contribution in [0.2, 0.25) is 0 Å². The van der Waals surface area contributed by atoms with Crippen LogP contribution in [0.1, 0.15) is 26.3 Å². The topological polar surface area (TPSA) is 72.8 Å². The summed E-state index contributed by atoms with van der Waals surface area (Å²) in [5.74, 6) is 0.812. The van der Waals surface area contributed by atoms with Crippen molar-refractivity contribution in [1.29, 1.82) is 0 Å². The van der Waals surface area contributed by atoms with Crippen molar-refractivity contribution in [2.45, 2.75) is 25.5 Å². The summed E-state index contributed by atoms with van der Waals surface area (Å²) in [5, 5.41) is 0. The molecule has 0 unspecified atom stereocenters. The molecule has 0 heterocycles. The zero-order valence-electron chi connectivity index (χ0n) is 11.2. The van der Waals surface area contributed by atoms with E-state index in [1.807, 2.05) is 0 Å². The van der Waals surface area contributed by atoms with Gasteiger partial charge in [0.15, 0.2) is 0 Å². The van der Waals surface area contributed by atoms with Crippen LogP contribution < -0.4 is 9.47 Å². The van der Waals surface area contributed by atoms with E-state index in [-0.39, 0.29) is 0 Å². The van der Waals surface area contributed by atoms with Crippen LogP contribution in [-0.2, 0) is 14.9 Å². The minimum absolute atomic E-state index is 0.330. The van der Waals surface area contributed by atoms with E-state index in [1.165, 1.54) is 26.2 Å². The lowest BCUT2D eigenvalue weighted by atomic mass is 10.0. The van der Waals surface area contributed by atoms with Crippen molar-refractivity contribution in [3.05, 3.63) is 36.6 Å². The molecule has 0 aliphatic rings. The van der Waals surface area contributed by atoms with Gasteiger partial charge < -0.3 is 9.47 Å². The van der Waals surface area contributed by atoms with Crippen LogP contribution in [0.15, 0.2) is 31.0 Å². The maximum absolute atomic E-state index is 11.5. The molecule has 0 aromatic heterocycles. The van der Waals surface area contributed by atoms with Gasteiger partial charge >= 0.3 is 0 Å². The summed E-state index contributed by atoms with van der Waals surface area (Å²) in [6, 6.07) is 4.75. The summed E-state index contributed by atoms with van der Waals surface area (Å²) in [6.45, 7) is 8.41. The van der Waals surface area contributed by atoms with Gasteiger partial charge in [-0.3, -0.25) is 4.55 Å². The highest BCUT2D eigenvalue weighted by atomic mass is 32.2. The minimum atomic E-state index is -4.29. The molecule has 1 N–H and O–H groups in total. The van der Waals surface area contributed by atoms with Crippen LogP contribution in [0.5, 0.6) is 11.5 Å². The van der Waals surface area contributed by atoms with Crippen LogP contribution in [0.4, 0.5) is 0 Å². The molecule has 0 aliphatic carbocycles. The molecule has 0 fully saturated rings. The molecular weight excluding hydrogens is 268 g/mol. The molecule has 0 aliphatic heterocycles. The Bertz CT molecular complexity index is 560. The van der Waals surface area contributed by atoms with Crippen molar-refractivity contribution in [3.8, 4) is 11.5 Å². The Morgan fingerprint density at radius 2 is 2.05 bits per heavy atom. The molecule has 0 saturated carbocycles. The summed E-state index contributed by atoms with van der Waals surface area (Å²) >= 11 is 0. The summed E-state index contributed by atoms with van der Waals surface area (Å²) in [6.07, 6.45) is 1.24. The molecule has 0 atom stereocenters. The second kappa shape index (κ2) is 5.63. The molecule has 0 saturated heterocycles. The van der Waals surface area contributed by atoms with Crippen LogP contribution in [-0.4, -0.2) is 19.6 Å². The molecule has 106 valence electrons. The number of rotatable bonds is 6. The Hall–Kier alpha value is -1.53. The van der Waals surface area contributed by atoms with Crippen LogP contribution in [0.25, 0.3) is 0 Å². The van der Waals surface area contributed by atoms with Crippen molar-refractivity contribution in [2.24, 2.45) is 0 Å². The van der Waals surface area contributed by atoms with Gasteiger partial charge in [0, 0.05) is 5.56 Å². The van der Waals surface area contributed by atoms with E-state index in [9.17, 15) is 13.0 Å². The van der Waals surface area contributed by atoms with Crippen molar-refractivity contribution in [1.82, 2.24) is 0 Å². The quantitative estimate of drug-likeness (QED) is 0.643. The van der Waals surface area contributed by atoms with Gasteiger partial charge in [-0.2, -0.15) is 8.42 Å². The SMILES string of the molecule is C=COc1ccc(OCC)c(C(C)(C)S(=O)(=O)O)c1. The Morgan fingerprint density at radius 1 is 1.42 bits per heavy atom. The second-order valence-corrected chi connectivity index (χ2v) is 6.33. The highest BCUT2D eigenvalue weighted by molar-refractivity contribution is 7.86. The molecular formula is C13H18O5S. The normalized spacial score (nSPS) is 12.0. The lowest BCUT2D eigenvalue weighted by molar-refractivity contribution is 0.330. The van der Waals surface area contributed by atoms with Gasteiger partial charge in [-0.1, -0.05) is 6.58 Å². The molecule has 0 bridgehead atoms. The number of benzene rings is 1. The average Bonchev–Trinajstić information content (AvgIpc) is 2.30. The van der Waals surface area contributed by atoms with Crippen molar-refractivity contribution in [2.75, 3.05) is 6.61 Å². The summed E-state index contributed by atoms with van der Waals surface area (Å²) in [7, 11) is -4.29. The third-order valence-corrected chi connectivity index (χ3v) is 4.27. The third-order valence-electron chi connectivity index (χ3n) is 2.76. The summed E-state index contributed by atoms with van der Waals surface area (Å²) < 4.78 is 41.4. The van der Waals surface area contributed by atoms with E-state index >= 15 is 0 Å². The monoisotopic (exact) mass is 286 g/mol. The fraction of sp³-hybridized carbons (Fsp3) is 0.385. The Labute approximate surface area is 113 Å². The van der Waals surface area contributed by atoms with Gasteiger partial charge in [0.25, 0.3) is 10.1 Å². The van der Waals surface area contributed by atoms with Crippen LogP contribution in [0.3, 0.4) is 0 Å². The lowest BCUT2D eigenvalue weighted by Crippen LogP contribution is -2.29. The second-order valence-electron chi connectivity index (χ2n) is 4.36. The lowest BCUT2D eigenvalue weighted by Gasteiger charge is -2.24. The third kappa shape index (κ3) is 3.27. The summed E-state index contributed by atoms with van der Waals surface area (Å²) in [4.78, 5) is 0. The first-order chi connectivity index (χ1) is 8.74. The zero-order chi connectivity index (χ0) is 14.7. The van der Waals surface area contributed by atoms with Gasteiger partial charge in [-0.05, 0) is 39.0 Å². The Morgan fingerprint density at radius 3 is 2.53 bits per heavy atom. The first kappa shape index (κ1) is 15.5. The molecule has 19 heavy (non-hydrogen) atoms. The predicted octanol–water partition coefficient (Wildman–Crippen LogP) is 2.73. The number of ether oxygens (including phenoxy) is 2. The van der Waals surface area contributed by atoms with Gasteiger partial charge in [-0.25, -0.2) is 0 Å². The smallest absolute Gasteiger partial charge is 0.274 e. The van der Waals surface area contributed by atoms with E-state index in [1.54, 1.807) is 19.1 Å². The van der Waals surface area contributed by atoms with Gasteiger partial charge in [-0.15, -0.1) is 0 Å².